The summed E-state index contributed by atoms with van der Waals surface area (Å²) in [4.78, 5) is 9.19. The Kier molecular flexibility index (Phi) is 46.7. The van der Waals surface area contributed by atoms with Crippen LogP contribution in [0.2, 0.25) is 0 Å². The molecule has 7 aliphatic rings. The van der Waals surface area contributed by atoms with Gasteiger partial charge in [-0.3, -0.25) is 24.0 Å². The summed E-state index contributed by atoms with van der Waals surface area (Å²) in [7, 11) is 0. The molecule has 12 aromatic rings. The van der Waals surface area contributed by atoms with E-state index in [0.717, 1.165) is 104 Å². The molecule has 6 aliphatic heterocycles. The van der Waals surface area contributed by atoms with Crippen molar-refractivity contribution in [2.45, 2.75) is 185 Å². The number of piperidine rings is 5. The van der Waals surface area contributed by atoms with Crippen molar-refractivity contribution in [3.05, 3.63) is 431 Å². The van der Waals surface area contributed by atoms with Gasteiger partial charge in [-0.05, 0) is 106 Å². The SMILES string of the molecule is CC1(C)OC[C@H]2CN(Cc3ccccc3)C[C@@H](O)[C@@H]2O1.FC[C@H]1CN(Cc2ccccc2)C[C@@H](OCc2ccccc2)[C@@H]1OCc1ccccc1.OC[C@H]1CC(Cc2ccccc2)C[C@@H](OCc2ccccc2)[C@@H]1OCc1ccccc1.OC[C@H]1CN(Cc2ccccc2)C[C@@H](OCc2ccccc2)[C@@H]1O.OC[C@H]1CNC[C@@H](O)[C@@H]1O.O[C@@H]1[C@@H](COCc2ccccc2)CN(Cc2ccccc2)C[C@H]1OCc1ccccc1. The number of rotatable bonds is 36. The smallest absolute Gasteiger partial charge is 0.163 e. The van der Waals surface area contributed by atoms with E-state index in [2.05, 4.69) is 177 Å². The number of hydrogen-bond donors (Lipinski definition) is 9. The van der Waals surface area contributed by atoms with Gasteiger partial charge in [-0.2, -0.15) is 0 Å². The maximum absolute atomic E-state index is 14.1. The highest BCUT2D eigenvalue weighted by atomic mass is 19.1. The second-order valence-corrected chi connectivity index (χ2v) is 40.4. The van der Waals surface area contributed by atoms with Crippen LogP contribution in [0.5, 0.6) is 0 Å². The summed E-state index contributed by atoms with van der Waals surface area (Å²) in [5.41, 5.74) is 14.2. The van der Waals surface area contributed by atoms with Gasteiger partial charge in [-0.15, -0.1) is 0 Å². The first-order chi connectivity index (χ1) is 71.9. The molecule has 7 fully saturated rings. The van der Waals surface area contributed by atoms with Gasteiger partial charge in [0.25, 0.3) is 0 Å². The summed E-state index contributed by atoms with van der Waals surface area (Å²) in [6.45, 7) is 18.2. The molecule has 0 bridgehead atoms. The second kappa shape index (κ2) is 61.1. The predicted molar refractivity (Wildman–Crippen MR) is 572 cm³/mol. The Labute approximate surface area is 869 Å². The number of nitrogens with one attached hydrogen (secondary N) is 1. The number of aliphatic hydroxyl groups is 8. The van der Waals surface area contributed by atoms with Crippen LogP contribution in [0, 0.1) is 41.4 Å². The molecule has 0 amide bonds. The molecule has 19 atom stereocenters. The number of ether oxygens (including phenoxy) is 9. The lowest BCUT2D eigenvalue weighted by molar-refractivity contribution is -0.318. The molecule has 6 heterocycles. The van der Waals surface area contributed by atoms with Crippen molar-refractivity contribution < 1.29 is 87.9 Å². The van der Waals surface area contributed by atoms with E-state index in [9.17, 15) is 35.0 Å². The Bertz CT molecular complexity index is 5270. The van der Waals surface area contributed by atoms with Crippen molar-refractivity contribution in [2.24, 2.45) is 41.4 Å². The van der Waals surface area contributed by atoms with E-state index in [1.54, 1.807) is 0 Å². The molecular weight excluding hydrogens is 1850 g/mol. The van der Waals surface area contributed by atoms with E-state index in [1.807, 2.05) is 226 Å². The molecule has 0 aromatic heterocycles. The maximum atomic E-state index is 14.1. The molecule has 9 N–H and O–H groups in total. The van der Waals surface area contributed by atoms with Crippen molar-refractivity contribution in [3.63, 3.8) is 0 Å². The van der Waals surface area contributed by atoms with Gasteiger partial charge in [0.2, 0.25) is 0 Å². The molecule has 0 radical (unpaired) electrons. The van der Waals surface area contributed by atoms with Crippen LogP contribution in [0.3, 0.4) is 0 Å². The minimum Gasteiger partial charge on any atom is -0.396 e. The van der Waals surface area contributed by atoms with Crippen molar-refractivity contribution in [2.75, 3.05) is 105 Å². The molecular formula is C124H154FN5O17. The molecule has 12 aromatic carbocycles. The highest BCUT2D eigenvalue weighted by Gasteiger charge is 2.46. The fourth-order valence-corrected chi connectivity index (χ4v) is 20.6. The van der Waals surface area contributed by atoms with E-state index in [4.69, 9.17) is 52.8 Å². The molecule has 0 spiro atoms. The Morgan fingerprint density at radius 2 is 0.619 bits per heavy atom. The van der Waals surface area contributed by atoms with Crippen LogP contribution < -0.4 is 5.32 Å². The monoisotopic (exact) mass is 2000 g/mol. The molecule has 784 valence electrons. The summed E-state index contributed by atoms with van der Waals surface area (Å²) >= 11 is 0. The third kappa shape index (κ3) is 37.4. The summed E-state index contributed by atoms with van der Waals surface area (Å²) in [6.07, 6.45) is -1.49. The molecule has 19 rings (SSSR count). The largest absolute Gasteiger partial charge is 0.396 e. The Morgan fingerprint density at radius 1 is 0.306 bits per heavy atom. The first-order valence-electron chi connectivity index (χ1n) is 52.4. The Balaban J connectivity index is 0.000000143. The third-order valence-corrected chi connectivity index (χ3v) is 28.4. The summed E-state index contributed by atoms with van der Waals surface area (Å²) in [6, 6.07) is 123. The molecule has 1 unspecified atom stereocenters. The van der Waals surface area contributed by atoms with Gasteiger partial charge < -0.3 is 88.8 Å². The molecule has 147 heavy (non-hydrogen) atoms. The third-order valence-electron chi connectivity index (χ3n) is 28.4. The number of benzene rings is 12. The highest BCUT2D eigenvalue weighted by molar-refractivity contribution is 5.24. The lowest BCUT2D eigenvalue weighted by atomic mass is 9.75. The van der Waals surface area contributed by atoms with E-state index < -0.39 is 43.0 Å². The second-order valence-electron chi connectivity index (χ2n) is 40.4. The minimum absolute atomic E-state index is 0.00180. The number of halogens is 1. The van der Waals surface area contributed by atoms with Crippen LogP contribution in [0.25, 0.3) is 0 Å². The van der Waals surface area contributed by atoms with Gasteiger partial charge in [0.05, 0.1) is 139 Å². The van der Waals surface area contributed by atoms with Crippen LogP contribution in [0.15, 0.2) is 364 Å². The summed E-state index contributed by atoms with van der Waals surface area (Å²) < 4.78 is 69.4. The quantitative estimate of drug-likeness (QED) is 0.0177. The van der Waals surface area contributed by atoms with Gasteiger partial charge >= 0.3 is 0 Å². The molecule has 23 heteroatoms. The van der Waals surface area contributed by atoms with Crippen molar-refractivity contribution in [1.82, 2.24) is 24.9 Å². The predicted octanol–water partition coefficient (Wildman–Crippen LogP) is 16.6. The first kappa shape index (κ1) is 112. The number of alkyl halides is 1. The van der Waals surface area contributed by atoms with Crippen LogP contribution in [0.4, 0.5) is 4.39 Å². The van der Waals surface area contributed by atoms with Gasteiger partial charge in [-0.1, -0.05) is 364 Å². The fourth-order valence-electron chi connectivity index (χ4n) is 20.6. The minimum atomic E-state index is -0.772. The molecule has 6 saturated heterocycles. The average Bonchev–Trinajstić information content (AvgIpc) is 0.791. The van der Waals surface area contributed by atoms with Crippen LogP contribution in [0.1, 0.15) is 93.5 Å². The van der Waals surface area contributed by atoms with Crippen LogP contribution in [-0.4, -0.2) is 245 Å². The van der Waals surface area contributed by atoms with Crippen LogP contribution in [-0.2, 0) is 121 Å². The Hall–Kier alpha value is -10.3. The van der Waals surface area contributed by atoms with E-state index in [-0.39, 0.29) is 98.1 Å². The number of hydrogen-bond acceptors (Lipinski definition) is 22. The average molecular weight is 2010 g/mol. The molecule has 22 nitrogen and oxygen atoms in total. The Morgan fingerprint density at radius 3 is 0.993 bits per heavy atom. The number of likely N-dealkylation sites (tertiary alicyclic amines) is 4. The van der Waals surface area contributed by atoms with Crippen molar-refractivity contribution in [3.8, 4) is 0 Å². The molecule has 1 saturated carbocycles. The van der Waals surface area contributed by atoms with Crippen molar-refractivity contribution in [1.29, 1.82) is 0 Å². The first-order valence-corrected chi connectivity index (χ1v) is 52.4. The highest BCUT2D eigenvalue weighted by Crippen LogP contribution is 2.38. The van der Waals surface area contributed by atoms with E-state index >= 15 is 0 Å². The number of aliphatic hydroxyl groups excluding tert-OH is 8. The maximum Gasteiger partial charge on any atom is 0.163 e. The number of nitrogens with zero attached hydrogens (tertiary/aromatic N) is 4. The van der Waals surface area contributed by atoms with Gasteiger partial charge in [0.1, 0.15) is 0 Å². The van der Waals surface area contributed by atoms with Gasteiger partial charge in [0, 0.05) is 147 Å². The van der Waals surface area contributed by atoms with E-state index in [1.165, 1.54) is 27.8 Å². The normalized spacial score (nSPS) is 25.6. The standard InChI is InChI=1S/C28H32O3.C27H30FNO2.C27H31NO3.C20H25NO3.C16H23NO3.C6H13NO3/c29-19-26-17-25(16-22-10-4-1-5-11-22)18-27(30-20-23-12-6-2-7-13-23)28(26)31-21-24-14-8-3-9-15-24;28-16-25-18-29(17-22-10-4-1-5-11-22)19-26(30-20-23-12-6-2-7-13-23)27(25)31-21-24-14-8-3-9-15-24;29-27-25(21-30-19-23-12-6-2-7-13-23)17-28(16-22-10-4-1-5-11-22)18-26(27)31-20-24-14-8-3-9-15-24;22-14-18-12-21(11-16-7-3-1-4-8-16)13-19(20(18)23)24-15-17-9-5-2-6-10-17;1-16(2)19-11-13-9-17(10-14(18)15(13)20-16)8-12-6-4-3-5-7-12;8-3-4-1-7-2-5(9)6(4)10/h1-15,25-29H,16-21H2;1-15,25-27H,16-21H2;1-15,25-27,29H,16-21H2;1-10,18-20,22-23H,11-15H2;3-7,13-15,18H,8-11H2,1-2H3;4-10H,1-3H2/t25?,26-,27-,28-;25-,26+,27+;25-,26-,27-;18-,19-,20-;13-,14-,15-;4-,5-,6-/m101111/s1. The molecule has 1 aliphatic carbocycles. The summed E-state index contributed by atoms with van der Waals surface area (Å²) in [5.74, 6) is -0.403. The number of fused-ring (bicyclic) bond motifs is 1. The zero-order valence-electron chi connectivity index (χ0n) is 85.2. The van der Waals surface area contributed by atoms with E-state index in [0.29, 0.717) is 111 Å². The van der Waals surface area contributed by atoms with Gasteiger partial charge in [0.15, 0.2) is 5.79 Å². The fraction of sp³-hybridized carbons (Fsp3) is 0.419. The van der Waals surface area contributed by atoms with Crippen LogP contribution >= 0.6 is 0 Å². The lowest BCUT2D eigenvalue weighted by Gasteiger charge is -2.48. The topological polar surface area (TPSA) is 270 Å². The lowest BCUT2D eigenvalue weighted by Crippen LogP contribution is -2.60. The number of β-amino-alcohol motifs (C(OH)–C–C–N with tert-alkyl or cyclic N) is 2. The zero-order chi connectivity index (χ0) is 102. The van der Waals surface area contributed by atoms with Crippen molar-refractivity contribution >= 4 is 0 Å². The zero-order valence-corrected chi connectivity index (χ0v) is 85.2. The van der Waals surface area contributed by atoms with Gasteiger partial charge in [-0.25, -0.2) is 0 Å². The summed E-state index contributed by atoms with van der Waals surface area (Å²) in [5, 5.41) is 81.5.